The van der Waals surface area contributed by atoms with Crippen molar-refractivity contribution >= 4 is 29.2 Å². The number of nitrogens with zero attached hydrogens (tertiary/aromatic N) is 4. The quantitative estimate of drug-likeness (QED) is 0.736. The van der Waals surface area contributed by atoms with Gasteiger partial charge >= 0.3 is 0 Å². The van der Waals surface area contributed by atoms with Gasteiger partial charge in [0.05, 0.1) is 5.52 Å². The van der Waals surface area contributed by atoms with Crippen molar-refractivity contribution in [1.82, 2.24) is 24.3 Å². The van der Waals surface area contributed by atoms with Crippen LogP contribution in [0.3, 0.4) is 0 Å². The molecular formula is C19H22ClN5O2. The van der Waals surface area contributed by atoms with Crippen molar-refractivity contribution in [1.29, 1.82) is 0 Å². The van der Waals surface area contributed by atoms with Gasteiger partial charge in [-0.05, 0) is 12.1 Å². The molecule has 1 aliphatic heterocycles. The first-order valence-electron chi connectivity index (χ1n) is 8.71. The van der Waals surface area contributed by atoms with Crippen LogP contribution in [0.5, 0.6) is 0 Å². The zero-order valence-corrected chi connectivity index (χ0v) is 15.9. The molecule has 1 saturated heterocycles. The van der Waals surface area contributed by atoms with Gasteiger partial charge in [0.1, 0.15) is 18.4 Å². The van der Waals surface area contributed by atoms with E-state index in [1.807, 2.05) is 45.5 Å². The summed E-state index contributed by atoms with van der Waals surface area (Å²) in [6, 6.07) is 8.80. The van der Waals surface area contributed by atoms with Crippen molar-refractivity contribution in [3.05, 3.63) is 65.0 Å². The first kappa shape index (κ1) is 19.1. The molecule has 4 rings (SSSR count). The predicted molar refractivity (Wildman–Crippen MR) is 106 cm³/mol. The van der Waals surface area contributed by atoms with E-state index in [-0.39, 0.29) is 36.3 Å². The number of rotatable bonds is 3. The lowest BCUT2D eigenvalue weighted by Gasteiger charge is -2.36. The highest BCUT2D eigenvalue weighted by Crippen LogP contribution is 2.21. The second-order valence-corrected chi connectivity index (χ2v) is 6.53. The number of aryl methyl sites for hydroxylation is 1. The van der Waals surface area contributed by atoms with Gasteiger partial charge in [-0.2, -0.15) is 0 Å². The summed E-state index contributed by atoms with van der Waals surface area (Å²) in [5.74, 6) is 0.892. The normalized spacial score (nSPS) is 16.9. The summed E-state index contributed by atoms with van der Waals surface area (Å²) in [5, 5.41) is 3.97. The van der Waals surface area contributed by atoms with Crippen LogP contribution in [-0.2, 0) is 18.4 Å². The molecule has 0 aliphatic carbocycles. The molecule has 8 heteroatoms. The largest absolute Gasteiger partial charge is 0.338 e. The number of carbonyl (C=O) groups is 1. The molecule has 1 aliphatic rings. The summed E-state index contributed by atoms with van der Waals surface area (Å²) in [4.78, 5) is 31.4. The van der Waals surface area contributed by atoms with Crippen LogP contribution in [0.25, 0.3) is 10.9 Å². The van der Waals surface area contributed by atoms with E-state index in [9.17, 15) is 9.59 Å². The molecule has 1 amide bonds. The molecule has 0 spiro atoms. The molecule has 3 aromatic rings. The third kappa shape index (κ3) is 3.61. The first-order valence-corrected chi connectivity index (χ1v) is 8.71. The maximum Gasteiger partial charge on any atom is 0.243 e. The van der Waals surface area contributed by atoms with Gasteiger partial charge in [0.25, 0.3) is 0 Å². The van der Waals surface area contributed by atoms with Gasteiger partial charge in [-0.1, -0.05) is 12.1 Å². The molecule has 0 bridgehead atoms. The minimum Gasteiger partial charge on any atom is -0.338 e. The molecule has 0 radical (unpaired) electrons. The zero-order chi connectivity index (χ0) is 18.1. The van der Waals surface area contributed by atoms with Crippen molar-refractivity contribution in [2.24, 2.45) is 7.05 Å². The lowest BCUT2D eigenvalue weighted by Crippen LogP contribution is -2.50. The van der Waals surface area contributed by atoms with Crippen LogP contribution in [0.1, 0.15) is 11.9 Å². The molecule has 1 atom stereocenters. The number of benzene rings is 1. The fourth-order valence-corrected chi connectivity index (χ4v) is 3.57. The molecular weight excluding hydrogens is 366 g/mol. The third-order valence-corrected chi connectivity index (χ3v) is 4.91. The number of pyridine rings is 1. The monoisotopic (exact) mass is 387 g/mol. The number of hydrogen-bond donors (Lipinski definition) is 1. The lowest BCUT2D eigenvalue weighted by atomic mass is 10.1. The van der Waals surface area contributed by atoms with Crippen molar-refractivity contribution in [2.45, 2.75) is 12.6 Å². The summed E-state index contributed by atoms with van der Waals surface area (Å²) < 4.78 is 3.79. The van der Waals surface area contributed by atoms with E-state index in [4.69, 9.17) is 0 Å². The smallest absolute Gasteiger partial charge is 0.243 e. The van der Waals surface area contributed by atoms with E-state index in [2.05, 4.69) is 10.3 Å². The summed E-state index contributed by atoms with van der Waals surface area (Å²) in [7, 11) is 1.94. The zero-order valence-electron chi connectivity index (χ0n) is 15.0. The lowest BCUT2D eigenvalue weighted by molar-refractivity contribution is -0.135. The van der Waals surface area contributed by atoms with Crippen molar-refractivity contribution in [2.75, 3.05) is 19.6 Å². The van der Waals surface area contributed by atoms with E-state index in [0.717, 1.165) is 17.9 Å². The minimum absolute atomic E-state index is 0. The van der Waals surface area contributed by atoms with Crippen LogP contribution < -0.4 is 10.7 Å². The Morgan fingerprint density at radius 3 is 2.85 bits per heavy atom. The number of amides is 1. The van der Waals surface area contributed by atoms with Crippen molar-refractivity contribution in [3.8, 4) is 0 Å². The molecule has 1 aromatic carbocycles. The number of aromatic nitrogens is 3. The van der Waals surface area contributed by atoms with Crippen molar-refractivity contribution in [3.63, 3.8) is 0 Å². The molecule has 1 N–H and O–H groups in total. The SMILES string of the molecule is Cl.Cn1ccnc1C1CNCCN1C(=O)Cn1ccc(=O)c2ccccc21. The van der Waals surface area contributed by atoms with Crippen LogP contribution in [0, 0.1) is 0 Å². The minimum atomic E-state index is -0.0955. The Labute approximate surface area is 163 Å². The number of carbonyl (C=O) groups excluding carboxylic acids is 1. The van der Waals surface area contributed by atoms with Gasteiger partial charge in [0.2, 0.25) is 5.91 Å². The number of halogens is 1. The van der Waals surface area contributed by atoms with Crippen LogP contribution in [0.4, 0.5) is 0 Å². The fraction of sp³-hybridized carbons (Fsp3) is 0.316. The summed E-state index contributed by atoms with van der Waals surface area (Å²) in [6.07, 6.45) is 5.34. The van der Waals surface area contributed by atoms with E-state index in [1.165, 1.54) is 6.07 Å². The van der Waals surface area contributed by atoms with Crippen LogP contribution in [0.2, 0.25) is 0 Å². The Morgan fingerprint density at radius 2 is 2.07 bits per heavy atom. The topological polar surface area (TPSA) is 72.2 Å². The van der Waals surface area contributed by atoms with Crippen molar-refractivity contribution < 1.29 is 4.79 Å². The number of hydrogen-bond acceptors (Lipinski definition) is 4. The second kappa shape index (κ2) is 7.94. The van der Waals surface area contributed by atoms with Gasteiger partial charge in [0, 0.05) is 56.7 Å². The number of nitrogens with one attached hydrogen (secondary N) is 1. The summed E-state index contributed by atoms with van der Waals surface area (Å²) in [5.41, 5.74) is 0.745. The molecule has 27 heavy (non-hydrogen) atoms. The number of para-hydroxylation sites is 1. The number of imidazole rings is 1. The second-order valence-electron chi connectivity index (χ2n) is 6.53. The van der Waals surface area contributed by atoms with Gasteiger partial charge < -0.3 is 19.4 Å². The average Bonchev–Trinajstić information content (AvgIpc) is 3.10. The number of piperazine rings is 1. The molecule has 2 aromatic heterocycles. The molecule has 142 valence electrons. The predicted octanol–water partition coefficient (Wildman–Crippen LogP) is 1.33. The Kier molecular flexibility index (Phi) is 5.62. The Bertz CT molecular complexity index is 1010. The Hall–Kier alpha value is -2.64. The van der Waals surface area contributed by atoms with E-state index in [1.54, 1.807) is 18.5 Å². The highest BCUT2D eigenvalue weighted by molar-refractivity contribution is 5.85. The molecule has 3 heterocycles. The van der Waals surface area contributed by atoms with Gasteiger partial charge in [-0.25, -0.2) is 4.98 Å². The van der Waals surface area contributed by atoms with Gasteiger partial charge in [-0.3, -0.25) is 9.59 Å². The fourth-order valence-electron chi connectivity index (χ4n) is 3.57. The van der Waals surface area contributed by atoms with Gasteiger partial charge in [0.15, 0.2) is 5.43 Å². The standard InChI is InChI=1S/C19H21N5O2.ClH/c1-22-10-8-21-19(22)16-12-20-7-11-24(16)18(26)13-23-9-6-17(25)14-4-2-3-5-15(14)23;/h2-6,8-10,16,20H,7,11-13H2,1H3;1H. The van der Waals surface area contributed by atoms with Crippen LogP contribution in [-0.4, -0.2) is 44.6 Å². The maximum absolute atomic E-state index is 13.1. The molecule has 1 unspecified atom stereocenters. The van der Waals surface area contributed by atoms with E-state index < -0.39 is 0 Å². The van der Waals surface area contributed by atoms with Crippen LogP contribution >= 0.6 is 12.4 Å². The highest BCUT2D eigenvalue weighted by atomic mass is 35.5. The van der Waals surface area contributed by atoms with Gasteiger partial charge in [-0.15, -0.1) is 12.4 Å². The van der Waals surface area contributed by atoms with E-state index >= 15 is 0 Å². The molecule has 1 fully saturated rings. The summed E-state index contributed by atoms with van der Waals surface area (Å²) >= 11 is 0. The molecule has 7 nitrogen and oxygen atoms in total. The summed E-state index contributed by atoms with van der Waals surface area (Å²) in [6.45, 7) is 2.27. The maximum atomic E-state index is 13.1. The molecule has 0 saturated carbocycles. The highest BCUT2D eigenvalue weighted by Gasteiger charge is 2.30. The third-order valence-electron chi connectivity index (χ3n) is 4.91. The van der Waals surface area contributed by atoms with E-state index in [0.29, 0.717) is 18.5 Å². The first-order chi connectivity index (χ1) is 12.6. The Morgan fingerprint density at radius 1 is 1.26 bits per heavy atom. The average molecular weight is 388 g/mol. The Balaban J connectivity index is 0.00000210. The number of fused-ring (bicyclic) bond motifs is 1. The van der Waals surface area contributed by atoms with Crippen LogP contribution in [0.15, 0.2) is 53.7 Å².